The molecule has 0 aliphatic carbocycles. The molecule has 9 heteroatoms. The second kappa shape index (κ2) is 10.9. The van der Waals surface area contributed by atoms with E-state index in [0.717, 1.165) is 25.7 Å². The Morgan fingerprint density at radius 1 is 1.15 bits per heavy atom. The lowest BCUT2D eigenvalue weighted by Gasteiger charge is -2.11. The van der Waals surface area contributed by atoms with Crippen molar-refractivity contribution in [3.8, 4) is 11.5 Å². The highest BCUT2D eigenvalue weighted by Crippen LogP contribution is 2.29. The molecule has 33 heavy (non-hydrogen) atoms. The van der Waals surface area contributed by atoms with E-state index in [2.05, 4.69) is 15.5 Å². The molecular weight excluding hydrogens is 461 g/mol. The zero-order chi connectivity index (χ0) is 23.0. The SMILES string of the molecule is COc1cc(/C=N\NC(=O)CSc2nc3ccccc3s2)ccc1OCc1ccc(F)cc1. The summed E-state index contributed by atoms with van der Waals surface area (Å²) in [5.74, 6) is 0.787. The van der Waals surface area contributed by atoms with Crippen molar-refractivity contribution in [3.63, 3.8) is 0 Å². The molecule has 0 aliphatic heterocycles. The van der Waals surface area contributed by atoms with Gasteiger partial charge in [-0.1, -0.05) is 36.0 Å². The number of amides is 1. The van der Waals surface area contributed by atoms with Crippen LogP contribution in [0.5, 0.6) is 11.5 Å². The van der Waals surface area contributed by atoms with Gasteiger partial charge in [-0.2, -0.15) is 5.10 Å². The van der Waals surface area contributed by atoms with Crippen LogP contribution in [0.3, 0.4) is 0 Å². The fourth-order valence-corrected chi connectivity index (χ4v) is 4.74. The molecule has 1 aromatic heterocycles. The van der Waals surface area contributed by atoms with Crippen molar-refractivity contribution in [1.82, 2.24) is 10.4 Å². The number of ether oxygens (including phenoxy) is 2. The Labute approximate surface area is 198 Å². The molecule has 6 nitrogen and oxygen atoms in total. The van der Waals surface area contributed by atoms with E-state index in [0.29, 0.717) is 11.5 Å². The number of hydrazone groups is 1. The lowest BCUT2D eigenvalue weighted by atomic mass is 10.2. The molecule has 0 saturated carbocycles. The van der Waals surface area contributed by atoms with Crippen LogP contribution < -0.4 is 14.9 Å². The van der Waals surface area contributed by atoms with Gasteiger partial charge in [0.05, 0.1) is 29.3 Å². The number of benzene rings is 3. The average molecular weight is 482 g/mol. The summed E-state index contributed by atoms with van der Waals surface area (Å²) in [6.07, 6.45) is 1.53. The van der Waals surface area contributed by atoms with Crippen molar-refractivity contribution in [2.24, 2.45) is 5.10 Å². The van der Waals surface area contributed by atoms with Crippen molar-refractivity contribution in [3.05, 3.63) is 83.7 Å². The maximum atomic E-state index is 13.0. The number of fused-ring (bicyclic) bond motifs is 1. The predicted octanol–water partition coefficient (Wildman–Crippen LogP) is 5.27. The Bertz CT molecular complexity index is 1240. The molecule has 0 atom stereocenters. The molecule has 0 spiro atoms. The summed E-state index contributed by atoms with van der Waals surface area (Å²) in [5.41, 5.74) is 5.03. The van der Waals surface area contributed by atoms with Gasteiger partial charge in [-0.05, 0) is 53.6 Å². The lowest BCUT2D eigenvalue weighted by Crippen LogP contribution is -2.19. The van der Waals surface area contributed by atoms with E-state index in [1.165, 1.54) is 30.1 Å². The Balaban J connectivity index is 1.28. The van der Waals surface area contributed by atoms with Gasteiger partial charge in [0.25, 0.3) is 5.91 Å². The van der Waals surface area contributed by atoms with Crippen LogP contribution in [0.15, 0.2) is 76.2 Å². The molecule has 4 aromatic rings. The minimum atomic E-state index is -0.289. The number of carbonyl (C=O) groups excluding carboxylic acids is 1. The highest BCUT2D eigenvalue weighted by Gasteiger charge is 2.08. The first-order valence-corrected chi connectivity index (χ1v) is 11.8. The highest BCUT2D eigenvalue weighted by atomic mass is 32.2. The number of halogens is 1. The number of aromatic nitrogens is 1. The van der Waals surface area contributed by atoms with Crippen LogP contribution in [0.25, 0.3) is 10.2 Å². The third-order valence-corrected chi connectivity index (χ3v) is 6.68. The van der Waals surface area contributed by atoms with E-state index in [4.69, 9.17) is 9.47 Å². The fourth-order valence-electron chi connectivity index (χ4n) is 2.88. The second-order valence-corrected chi connectivity index (χ2v) is 9.11. The first-order chi connectivity index (χ1) is 16.1. The van der Waals surface area contributed by atoms with E-state index < -0.39 is 0 Å². The molecule has 0 unspecified atom stereocenters. The fraction of sp³-hybridized carbons (Fsp3) is 0.125. The van der Waals surface area contributed by atoms with E-state index in [1.54, 1.807) is 48.8 Å². The second-order valence-electron chi connectivity index (χ2n) is 6.85. The van der Waals surface area contributed by atoms with Crippen molar-refractivity contribution in [2.75, 3.05) is 12.9 Å². The van der Waals surface area contributed by atoms with Gasteiger partial charge in [0.2, 0.25) is 0 Å². The molecule has 0 saturated heterocycles. The number of hydrogen-bond donors (Lipinski definition) is 1. The van der Waals surface area contributed by atoms with Gasteiger partial charge in [0, 0.05) is 0 Å². The minimum Gasteiger partial charge on any atom is -0.493 e. The number of methoxy groups -OCH3 is 1. The zero-order valence-corrected chi connectivity index (χ0v) is 19.3. The van der Waals surface area contributed by atoms with Crippen LogP contribution in [0, 0.1) is 5.82 Å². The molecule has 1 heterocycles. The summed E-state index contributed by atoms with van der Waals surface area (Å²) in [6, 6.07) is 19.3. The maximum Gasteiger partial charge on any atom is 0.250 e. The third-order valence-electron chi connectivity index (χ3n) is 4.50. The summed E-state index contributed by atoms with van der Waals surface area (Å²) < 4.78 is 26.1. The number of para-hydroxylation sites is 1. The molecular formula is C24H20FN3O3S2. The topological polar surface area (TPSA) is 72.8 Å². The Morgan fingerprint density at radius 2 is 1.97 bits per heavy atom. The summed E-state index contributed by atoms with van der Waals surface area (Å²) in [6.45, 7) is 0.284. The quantitative estimate of drug-likeness (QED) is 0.200. The van der Waals surface area contributed by atoms with E-state index in [-0.39, 0.29) is 24.1 Å². The summed E-state index contributed by atoms with van der Waals surface area (Å²) >= 11 is 2.94. The van der Waals surface area contributed by atoms with Gasteiger partial charge >= 0.3 is 0 Å². The Morgan fingerprint density at radius 3 is 2.76 bits per heavy atom. The van der Waals surface area contributed by atoms with Crippen LogP contribution in [0.4, 0.5) is 4.39 Å². The predicted molar refractivity (Wildman–Crippen MR) is 130 cm³/mol. The van der Waals surface area contributed by atoms with Crippen molar-refractivity contribution in [1.29, 1.82) is 0 Å². The van der Waals surface area contributed by atoms with Gasteiger partial charge in [0.15, 0.2) is 15.8 Å². The third kappa shape index (κ3) is 6.30. The Hall–Kier alpha value is -3.43. The van der Waals surface area contributed by atoms with Crippen LogP contribution in [-0.4, -0.2) is 30.0 Å². The van der Waals surface area contributed by atoms with Crippen molar-refractivity contribution >= 4 is 45.4 Å². The molecule has 3 aromatic carbocycles. The number of nitrogens with zero attached hydrogens (tertiary/aromatic N) is 2. The summed E-state index contributed by atoms with van der Waals surface area (Å²) in [7, 11) is 1.54. The van der Waals surface area contributed by atoms with E-state index in [1.807, 2.05) is 24.3 Å². The van der Waals surface area contributed by atoms with Gasteiger partial charge < -0.3 is 9.47 Å². The molecule has 4 rings (SSSR count). The number of thiazole rings is 1. The van der Waals surface area contributed by atoms with Gasteiger partial charge in [-0.3, -0.25) is 4.79 Å². The largest absolute Gasteiger partial charge is 0.493 e. The van der Waals surface area contributed by atoms with Crippen molar-refractivity contribution < 1.29 is 18.7 Å². The van der Waals surface area contributed by atoms with Gasteiger partial charge in [-0.15, -0.1) is 11.3 Å². The highest BCUT2D eigenvalue weighted by molar-refractivity contribution is 8.01. The number of hydrogen-bond acceptors (Lipinski definition) is 7. The van der Waals surface area contributed by atoms with E-state index >= 15 is 0 Å². The molecule has 0 radical (unpaired) electrons. The minimum absolute atomic E-state index is 0.219. The number of nitrogens with one attached hydrogen (secondary N) is 1. The standard InChI is InChI=1S/C24H20FN3O3S2/c1-30-21-12-17(8-11-20(21)31-14-16-6-9-18(25)10-7-16)13-26-28-23(29)15-32-24-27-19-4-2-3-5-22(19)33-24/h2-13H,14-15H2,1H3,(H,28,29)/b26-13-. The molecule has 1 N–H and O–H groups in total. The van der Waals surface area contributed by atoms with Gasteiger partial charge in [0.1, 0.15) is 12.4 Å². The number of rotatable bonds is 9. The van der Waals surface area contributed by atoms with Crippen LogP contribution in [0.1, 0.15) is 11.1 Å². The maximum absolute atomic E-state index is 13.0. The molecule has 0 bridgehead atoms. The van der Waals surface area contributed by atoms with Crippen LogP contribution in [0.2, 0.25) is 0 Å². The zero-order valence-electron chi connectivity index (χ0n) is 17.7. The smallest absolute Gasteiger partial charge is 0.250 e. The summed E-state index contributed by atoms with van der Waals surface area (Å²) in [5, 5.41) is 4.02. The molecule has 168 valence electrons. The van der Waals surface area contributed by atoms with Gasteiger partial charge in [-0.25, -0.2) is 14.8 Å². The molecule has 0 fully saturated rings. The number of carbonyl (C=O) groups is 1. The monoisotopic (exact) mass is 481 g/mol. The van der Waals surface area contributed by atoms with Crippen LogP contribution in [-0.2, 0) is 11.4 Å². The van der Waals surface area contributed by atoms with Crippen LogP contribution >= 0.6 is 23.1 Å². The Kier molecular flexibility index (Phi) is 7.54. The van der Waals surface area contributed by atoms with E-state index in [9.17, 15) is 9.18 Å². The normalized spacial score (nSPS) is 11.1. The lowest BCUT2D eigenvalue weighted by molar-refractivity contribution is -0.118. The first kappa shape index (κ1) is 22.8. The molecule has 0 aliphatic rings. The first-order valence-electron chi connectivity index (χ1n) is 9.96. The molecule has 1 amide bonds. The average Bonchev–Trinajstić information content (AvgIpc) is 3.26. The van der Waals surface area contributed by atoms with Crippen molar-refractivity contribution in [2.45, 2.75) is 10.9 Å². The number of thioether (sulfide) groups is 1. The summed E-state index contributed by atoms with van der Waals surface area (Å²) in [4.78, 5) is 16.6.